The van der Waals surface area contributed by atoms with Gasteiger partial charge in [0.05, 0.1) is 18.0 Å². The molecule has 5 nitrogen and oxygen atoms in total. The van der Waals surface area contributed by atoms with Crippen molar-refractivity contribution < 1.29 is 4.79 Å². The molecular weight excluding hydrogens is 252 g/mol. The van der Waals surface area contributed by atoms with Crippen LogP contribution in [0, 0.1) is 11.3 Å². The van der Waals surface area contributed by atoms with Gasteiger partial charge in [-0.05, 0) is 19.4 Å². The maximum absolute atomic E-state index is 12.2. The molecule has 5 heteroatoms. The van der Waals surface area contributed by atoms with E-state index in [2.05, 4.69) is 10.4 Å². The predicted octanol–water partition coefficient (Wildman–Crippen LogP) is 2.71. The molecule has 1 N–H and O–H groups in total. The molecule has 0 spiro atoms. The van der Waals surface area contributed by atoms with Crippen LogP contribution in [0.5, 0.6) is 0 Å². The summed E-state index contributed by atoms with van der Waals surface area (Å²) in [6.45, 7) is 4.00. The highest BCUT2D eigenvalue weighted by Gasteiger charge is 2.20. The van der Waals surface area contributed by atoms with E-state index in [-0.39, 0.29) is 11.9 Å². The molecule has 1 amide bonds. The van der Waals surface area contributed by atoms with Crippen LogP contribution in [-0.2, 0) is 4.79 Å². The highest BCUT2D eigenvalue weighted by atomic mass is 16.1. The minimum Gasteiger partial charge on any atom is -0.322 e. The number of carbonyl (C=O) groups excluding carboxylic acids is 1. The number of nitrogens with zero attached hydrogens (tertiary/aromatic N) is 3. The number of amides is 1. The van der Waals surface area contributed by atoms with E-state index in [1.54, 1.807) is 29.2 Å². The van der Waals surface area contributed by atoms with Gasteiger partial charge in [-0.25, -0.2) is 0 Å². The summed E-state index contributed by atoms with van der Waals surface area (Å²) in [6.07, 6.45) is 3.33. The van der Waals surface area contributed by atoms with E-state index >= 15 is 0 Å². The Bertz CT molecular complexity index is 625. The number of rotatable bonds is 4. The molecule has 20 heavy (non-hydrogen) atoms. The van der Waals surface area contributed by atoms with Crippen LogP contribution in [0.25, 0.3) is 0 Å². The topological polar surface area (TPSA) is 70.7 Å². The Morgan fingerprint density at radius 2 is 2.05 bits per heavy atom. The molecule has 0 aliphatic rings. The van der Waals surface area contributed by atoms with Crippen LogP contribution >= 0.6 is 0 Å². The van der Waals surface area contributed by atoms with E-state index < -0.39 is 5.92 Å². The van der Waals surface area contributed by atoms with Crippen LogP contribution in [0.4, 0.5) is 5.69 Å². The van der Waals surface area contributed by atoms with Crippen LogP contribution in [0.3, 0.4) is 0 Å². The lowest BCUT2D eigenvalue weighted by atomic mass is 10.00. The molecule has 1 aromatic carbocycles. The van der Waals surface area contributed by atoms with Gasteiger partial charge in [0.25, 0.3) is 0 Å². The van der Waals surface area contributed by atoms with Crippen LogP contribution in [0.15, 0.2) is 42.7 Å². The molecule has 0 aliphatic carbocycles. The Balaban J connectivity index is 2.12. The molecule has 1 atom stereocenters. The summed E-state index contributed by atoms with van der Waals surface area (Å²) in [5.74, 6) is -1.17. The van der Waals surface area contributed by atoms with Crippen molar-refractivity contribution in [3.05, 3.63) is 48.3 Å². The van der Waals surface area contributed by atoms with Crippen molar-refractivity contribution in [2.75, 3.05) is 5.32 Å². The van der Waals surface area contributed by atoms with Crippen molar-refractivity contribution in [3.8, 4) is 6.07 Å². The quantitative estimate of drug-likeness (QED) is 0.926. The van der Waals surface area contributed by atoms with E-state index in [4.69, 9.17) is 0 Å². The second kappa shape index (κ2) is 6.02. The average Bonchev–Trinajstić information content (AvgIpc) is 2.89. The lowest BCUT2D eigenvalue weighted by molar-refractivity contribution is -0.116. The Kier molecular flexibility index (Phi) is 4.16. The van der Waals surface area contributed by atoms with Crippen molar-refractivity contribution in [1.29, 1.82) is 5.26 Å². The van der Waals surface area contributed by atoms with Gasteiger partial charge in [-0.3, -0.25) is 9.48 Å². The molecule has 2 aromatic rings. The average molecular weight is 268 g/mol. The normalized spacial score (nSPS) is 11.9. The van der Waals surface area contributed by atoms with Gasteiger partial charge in [0.1, 0.15) is 0 Å². The second-order valence-corrected chi connectivity index (χ2v) is 4.76. The van der Waals surface area contributed by atoms with E-state index in [0.717, 1.165) is 0 Å². The molecule has 0 saturated heterocycles. The lowest BCUT2D eigenvalue weighted by Gasteiger charge is -2.09. The summed E-state index contributed by atoms with van der Waals surface area (Å²) < 4.78 is 1.75. The molecular formula is C15H16N4O. The standard InChI is InChI=1S/C15H16N4O/c1-11(2)19-10-13(9-17-19)18-15(20)14(8-16)12-6-4-3-5-7-12/h3-7,9-11,14H,1-2H3,(H,18,20). The number of hydrogen-bond acceptors (Lipinski definition) is 3. The number of carbonyl (C=O) groups is 1. The predicted molar refractivity (Wildman–Crippen MR) is 76.0 cm³/mol. The molecule has 102 valence electrons. The first-order chi connectivity index (χ1) is 9.61. The van der Waals surface area contributed by atoms with Gasteiger partial charge < -0.3 is 5.32 Å². The van der Waals surface area contributed by atoms with Gasteiger partial charge in [-0.15, -0.1) is 0 Å². The summed E-state index contributed by atoms with van der Waals surface area (Å²) in [6, 6.07) is 11.3. The van der Waals surface area contributed by atoms with Crippen LogP contribution < -0.4 is 5.32 Å². The maximum atomic E-state index is 12.2. The van der Waals surface area contributed by atoms with Crippen molar-refractivity contribution in [3.63, 3.8) is 0 Å². The van der Waals surface area contributed by atoms with Gasteiger partial charge in [0.2, 0.25) is 5.91 Å². The van der Waals surface area contributed by atoms with Crippen molar-refractivity contribution in [1.82, 2.24) is 9.78 Å². The van der Waals surface area contributed by atoms with Crippen LogP contribution in [0.2, 0.25) is 0 Å². The minimum atomic E-state index is -0.821. The third-order valence-corrected chi connectivity index (χ3v) is 2.92. The first-order valence-electron chi connectivity index (χ1n) is 6.41. The molecule has 1 heterocycles. The first-order valence-corrected chi connectivity index (χ1v) is 6.41. The minimum absolute atomic E-state index is 0.224. The number of aromatic nitrogens is 2. The third kappa shape index (κ3) is 3.04. The van der Waals surface area contributed by atoms with Crippen molar-refractivity contribution >= 4 is 11.6 Å². The molecule has 2 rings (SSSR count). The van der Waals surface area contributed by atoms with Gasteiger partial charge >= 0.3 is 0 Å². The Hall–Kier alpha value is -2.61. The Morgan fingerprint density at radius 1 is 1.35 bits per heavy atom. The number of nitriles is 1. The molecule has 1 aromatic heterocycles. The Labute approximate surface area is 117 Å². The second-order valence-electron chi connectivity index (χ2n) is 4.76. The zero-order valence-electron chi connectivity index (χ0n) is 11.4. The van der Waals surface area contributed by atoms with Gasteiger partial charge in [0.15, 0.2) is 5.92 Å². The van der Waals surface area contributed by atoms with Gasteiger partial charge in [0, 0.05) is 12.2 Å². The monoisotopic (exact) mass is 268 g/mol. The highest BCUT2D eigenvalue weighted by molar-refractivity contribution is 5.97. The highest BCUT2D eigenvalue weighted by Crippen LogP contribution is 2.18. The Morgan fingerprint density at radius 3 is 2.60 bits per heavy atom. The summed E-state index contributed by atoms with van der Waals surface area (Å²) >= 11 is 0. The summed E-state index contributed by atoms with van der Waals surface area (Å²) in [5.41, 5.74) is 1.28. The molecule has 0 bridgehead atoms. The van der Waals surface area contributed by atoms with Crippen LogP contribution in [-0.4, -0.2) is 15.7 Å². The van der Waals surface area contributed by atoms with Gasteiger partial charge in [-0.2, -0.15) is 10.4 Å². The number of hydrogen-bond donors (Lipinski definition) is 1. The maximum Gasteiger partial charge on any atom is 0.246 e. The summed E-state index contributed by atoms with van der Waals surface area (Å²) in [7, 11) is 0. The molecule has 0 radical (unpaired) electrons. The fourth-order valence-electron chi connectivity index (χ4n) is 1.83. The van der Waals surface area contributed by atoms with E-state index in [9.17, 15) is 10.1 Å². The number of benzene rings is 1. The molecule has 1 unspecified atom stereocenters. The first kappa shape index (κ1) is 13.8. The van der Waals surface area contributed by atoms with Crippen molar-refractivity contribution in [2.24, 2.45) is 0 Å². The number of nitrogens with one attached hydrogen (secondary N) is 1. The molecule has 0 aliphatic heterocycles. The van der Waals surface area contributed by atoms with Crippen LogP contribution in [0.1, 0.15) is 31.4 Å². The largest absolute Gasteiger partial charge is 0.322 e. The molecule has 0 fully saturated rings. The summed E-state index contributed by atoms with van der Waals surface area (Å²) in [4.78, 5) is 12.2. The fraction of sp³-hybridized carbons (Fsp3) is 0.267. The number of anilines is 1. The lowest BCUT2D eigenvalue weighted by Crippen LogP contribution is -2.19. The fourth-order valence-corrected chi connectivity index (χ4v) is 1.83. The SMILES string of the molecule is CC(C)n1cc(NC(=O)C(C#N)c2ccccc2)cn1. The summed E-state index contributed by atoms with van der Waals surface area (Å²) in [5, 5.41) is 16.1. The van der Waals surface area contributed by atoms with E-state index in [0.29, 0.717) is 11.3 Å². The van der Waals surface area contributed by atoms with E-state index in [1.807, 2.05) is 38.1 Å². The zero-order valence-corrected chi connectivity index (χ0v) is 11.4. The van der Waals surface area contributed by atoms with Crippen molar-refractivity contribution in [2.45, 2.75) is 25.8 Å². The van der Waals surface area contributed by atoms with Gasteiger partial charge in [-0.1, -0.05) is 30.3 Å². The smallest absolute Gasteiger partial charge is 0.246 e. The van der Waals surface area contributed by atoms with E-state index in [1.165, 1.54) is 0 Å². The zero-order chi connectivity index (χ0) is 14.5. The molecule has 0 saturated carbocycles. The third-order valence-electron chi connectivity index (χ3n) is 2.92.